The molecule has 6 fully saturated rings. The minimum absolute atomic E-state index is 0.0896. The Labute approximate surface area is 321 Å². The summed E-state index contributed by atoms with van der Waals surface area (Å²) in [6.45, 7) is 8.71. The molecule has 0 radical (unpaired) electrons. The number of fused-ring (bicyclic) bond motifs is 6. The summed E-state index contributed by atoms with van der Waals surface area (Å²) in [4.78, 5) is 30.2. The number of carbonyl (C=O) groups is 1. The lowest BCUT2D eigenvalue weighted by molar-refractivity contribution is -0.135. The number of carbonyl (C=O) groups excluding carboxylic acids is 1. The van der Waals surface area contributed by atoms with Crippen LogP contribution in [0.1, 0.15) is 71.7 Å². The number of anilines is 1. The molecule has 12 heteroatoms. The van der Waals surface area contributed by atoms with E-state index in [0.29, 0.717) is 40.1 Å². The van der Waals surface area contributed by atoms with Gasteiger partial charge in [-0.25, -0.2) is 14.4 Å². The highest BCUT2D eigenvalue weighted by Gasteiger charge is 2.55. The van der Waals surface area contributed by atoms with Gasteiger partial charge in [0.05, 0.1) is 45.5 Å². The Kier molecular flexibility index (Phi) is 7.90. The van der Waals surface area contributed by atoms with Crippen LogP contribution in [0.3, 0.4) is 0 Å². The predicted octanol–water partition coefficient (Wildman–Crippen LogP) is 8.86. The number of aromatic nitrogens is 3. The zero-order valence-corrected chi connectivity index (χ0v) is 32.3. The summed E-state index contributed by atoms with van der Waals surface area (Å²) in [5.41, 5.74) is 5.73. The number of nitrogens with zero attached hydrogens (tertiary/aromatic N) is 6. The number of rotatable bonds is 7. The van der Waals surface area contributed by atoms with Gasteiger partial charge in [-0.3, -0.25) is 4.79 Å². The van der Waals surface area contributed by atoms with Gasteiger partial charge in [0.25, 0.3) is 0 Å². The Balaban J connectivity index is 1.21. The minimum Gasteiger partial charge on any atom is -0.346 e. The van der Waals surface area contributed by atoms with Crippen molar-refractivity contribution in [3.05, 3.63) is 73.7 Å². The van der Waals surface area contributed by atoms with E-state index in [1.165, 1.54) is 4.88 Å². The lowest BCUT2D eigenvalue weighted by Crippen LogP contribution is -2.45. The van der Waals surface area contributed by atoms with E-state index >= 15 is 4.39 Å². The Hall–Kier alpha value is -3.75. The van der Waals surface area contributed by atoms with E-state index in [-0.39, 0.29) is 52.8 Å². The Morgan fingerprint density at radius 1 is 1.08 bits per heavy atom. The number of hydrogen-bond acceptors (Lipinski definition) is 7. The highest BCUT2D eigenvalue weighted by molar-refractivity contribution is 7.15. The third-order valence-corrected chi connectivity index (χ3v) is 14.8. The number of nitriles is 1. The number of hydrogen-bond donors (Lipinski definition) is 1. The van der Waals surface area contributed by atoms with Crippen molar-refractivity contribution >= 4 is 67.4 Å². The second-order valence-corrected chi connectivity index (χ2v) is 17.9. The van der Waals surface area contributed by atoms with E-state index in [2.05, 4.69) is 45.7 Å². The van der Waals surface area contributed by atoms with Crippen LogP contribution in [0.15, 0.2) is 30.3 Å². The van der Waals surface area contributed by atoms with Crippen molar-refractivity contribution in [1.82, 2.24) is 24.8 Å². The number of pyridine rings is 1. The van der Waals surface area contributed by atoms with Gasteiger partial charge in [0, 0.05) is 82.1 Å². The highest BCUT2D eigenvalue weighted by atomic mass is 35.5. The van der Waals surface area contributed by atoms with E-state index in [9.17, 15) is 10.1 Å². The maximum absolute atomic E-state index is 17.3. The third kappa shape index (κ3) is 5.10. The van der Waals surface area contributed by atoms with E-state index in [4.69, 9.17) is 33.2 Å². The molecular weight excluding hydrogens is 728 g/mol. The average Bonchev–Trinajstić information content (AvgIpc) is 3.40. The number of piperidine rings is 1. The molecule has 2 aromatic carbocycles. The summed E-state index contributed by atoms with van der Waals surface area (Å²) in [6.07, 6.45) is 4.52. The molecule has 11 rings (SSSR count). The SMILES string of the molecule is Cc1nc(N2C[C@@H]3C[C@H](C2)N(C(=O)C2CC2)[C@H]3c2cc3c(C)nc4c(F)c(-c5cccc(Cl)c5Cl)c(CCC#N)cc4c3n2[C@H]2[C@H]3CN[C@@H]2C3)sc1C. The van der Waals surface area contributed by atoms with Gasteiger partial charge < -0.3 is 19.7 Å². The number of halogens is 3. The van der Waals surface area contributed by atoms with Crippen LogP contribution in [0.4, 0.5) is 9.52 Å². The molecule has 7 heterocycles. The maximum Gasteiger partial charge on any atom is 0.226 e. The zero-order valence-electron chi connectivity index (χ0n) is 29.9. The number of nitrogens with one attached hydrogen (secondary N) is 1. The molecule has 2 saturated carbocycles. The first-order chi connectivity index (χ1) is 25.6. The van der Waals surface area contributed by atoms with Gasteiger partial charge in [-0.05, 0) is 82.6 Å². The summed E-state index contributed by atoms with van der Waals surface area (Å²) in [5.74, 6) is 0.562. The van der Waals surface area contributed by atoms with Crippen molar-refractivity contribution in [3.8, 4) is 17.2 Å². The van der Waals surface area contributed by atoms with Crippen molar-refractivity contribution in [1.29, 1.82) is 5.26 Å². The lowest BCUT2D eigenvalue weighted by atomic mass is 9.79. The number of likely N-dealkylation sites (tertiary alicyclic amines) is 1. The molecule has 53 heavy (non-hydrogen) atoms. The number of amides is 1. The molecular formula is C41H40Cl2FN7OS. The Morgan fingerprint density at radius 3 is 2.60 bits per heavy atom. The zero-order chi connectivity index (χ0) is 36.4. The molecule has 4 saturated heterocycles. The third-order valence-electron chi connectivity index (χ3n) is 12.8. The number of aryl methyl sites for hydroxylation is 4. The maximum atomic E-state index is 17.3. The first-order valence-corrected chi connectivity index (χ1v) is 20.4. The number of benzene rings is 2. The minimum atomic E-state index is -0.458. The van der Waals surface area contributed by atoms with Crippen LogP contribution in [0.5, 0.6) is 0 Å². The van der Waals surface area contributed by atoms with Crippen molar-refractivity contribution < 1.29 is 9.18 Å². The molecule has 2 aliphatic carbocycles. The van der Waals surface area contributed by atoms with Crippen LogP contribution in [0.25, 0.3) is 32.9 Å². The number of thiazole rings is 1. The first kappa shape index (κ1) is 33.8. The summed E-state index contributed by atoms with van der Waals surface area (Å²) in [6, 6.07) is 12.3. The molecule has 4 aliphatic heterocycles. The summed E-state index contributed by atoms with van der Waals surface area (Å²) in [5, 5.41) is 16.8. The van der Waals surface area contributed by atoms with Gasteiger partial charge in [-0.2, -0.15) is 5.26 Å². The fourth-order valence-electron chi connectivity index (χ4n) is 10.1. The van der Waals surface area contributed by atoms with Gasteiger partial charge >= 0.3 is 0 Å². The fourth-order valence-corrected chi connectivity index (χ4v) is 11.4. The van der Waals surface area contributed by atoms with Crippen LogP contribution >= 0.6 is 34.5 Å². The van der Waals surface area contributed by atoms with Crippen molar-refractivity contribution in [2.24, 2.45) is 17.8 Å². The Bertz CT molecular complexity index is 2380. The van der Waals surface area contributed by atoms with Crippen molar-refractivity contribution in [3.63, 3.8) is 0 Å². The van der Waals surface area contributed by atoms with Gasteiger partial charge in [0.2, 0.25) is 5.91 Å². The Morgan fingerprint density at radius 2 is 1.91 bits per heavy atom. The topological polar surface area (TPSA) is 90.1 Å². The molecule has 8 nitrogen and oxygen atoms in total. The van der Waals surface area contributed by atoms with E-state index in [1.54, 1.807) is 29.5 Å². The van der Waals surface area contributed by atoms with Crippen molar-refractivity contribution in [2.45, 2.75) is 83.5 Å². The van der Waals surface area contributed by atoms with Crippen LogP contribution in [0, 0.1) is 55.7 Å². The molecule has 0 spiro atoms. The van der Waals surface area contributed by atoms with E-state index in [0.717, 1.165) is 83.8 Å². The van der Waals surface area contributed by atoms with Crippen LogP contribution in [-0.2, 0) is 11.2 Å². The first-order valence-electron chi connectivity index (χ1n) is 18.8. The normalized spacial score (nSPS) is 26.1. The van der Waals surface area contributed by atoms with E-state index < -0.39 is 5.82 Å². The average molecular weight is 769 g/mol. The quantitative estimate of drug-likeness (QED) is 0.178. The molecule has 6 aliphatic rings. The largest absolute Gasteiger partial charge is 0.346 e. The highest BCUT2D eigenvalue weighted by Crippen LogP contribution is 2.54. The molecule has 6 atom stereocenters. The molecule has 4 bridgehead atoms. The second kappa shape index (κ2) is 12.4. The molecule has 5 aromatic rings. The van der Waals surface area contributed by atoms with Crippen molar-refractivity contribution in [2.75, 3.05) is 24.5 Å². The van der Waals surface area contributed by atoms with Crippen LogP contribution in [-0.4, -0.2) is 57.1 Å². The fraction of sp³-hybridized carbons (Fsp3) is 0.463. The van der Waals surface area contributed by atoms with Gasteiger partial charge in [-0.15, -0.1) is 11.3 Å². The standard InChI is InChI=1S/C41H40Cl2FN7OS/c1-19-21(3)53-41(48-19)49-17-25-12-26(18-49)50(40(52)22-9-10-22)38(25)32-15-28-20(2)47-36-29(39(28)51(32)37-24-14-31(37)46-16-24)13-23(6-5-11-45)33(35(36)44)27-7-4-8-30(42)34(27)43/h4,7-8,13,15,22,24-26,31,37-38,46H,5-6,9-10,12,14,16-18H2,1-3H3/t24-,25+,26-,31-,37+,38-/m1/s1. The van der Waals surface area contributed by atoms with Crippen LogP contribution in [0.2, 0.25) is 10.0 Å². The summed E-state index contributed by atoms with van der Waals surface area (Å²) < 4.78 is 19.8. The lowest BCUT2D eigenvalue weighted by Gasteiger charge is -2.40. The second-order valence-electron chi connectivity index (χ2n) is 15.9. The predicted molar refractivity (Wildman–Crippen MR) is 208 cm³/mol. The van der Waals surface area contributed by atoms with Gasteiger partial charge in [-0.1, -0.05) is 35.3 Å². The molecule has 0 unspecified atom stereocenters. The smallest absolute Gasteiger partial charge is 0.226 e. The van der Waals surface area contributed by atoms with E-state index in [1.807, 2.05) is 13.0 Å². The summed E-state index contributed by atoms with van der Waals surface area (Å²) in [7, 11) is 0. The monoisotopic (exact) mass is 767 g/mol. The summed E-state index contributed by atoms with van der Waals surface area (Å²) >= 11 is 14.9. The molecule has 1 amide bonds. The van der Waals surface area contributed by atoms with Gasteiger partial charge in [0.1, 0.15) is 5.52 Å². The van der Waals surface area contributed by atoms with Gasteiger partial charge in [0.15, 0.2) is 10.9 Å². The molecule has 272 valence electrons. The van der Waals surface area contributed by atoms with Crippen LogP contribution < -0.4 is 10.2 Å². The molecule has 1 N–H and O–H groups in total. The molecule has 3 aromatic heterocycles.